The van der Waals surface area contributed by atoms with Crippen LogP contribution in [0.5, 0.6) is 0 Å². The number of methoxy groups -OCH3 is 1. The summed E-state index contributed by atoms with van der Waals surface area (Å²) in [6, 6.07) is 10.3. The Hall–Kier alpha value is -0.346. The largest absolute Gasteiger partial charge is 1.00 e. The molecule has 0 unspecified atom stereocenters. The smallest absolute Gasteiger partial charge is 0.503 e. The predicted octanol–water partition coefficient (Wildman–Crippen LogP) is 3.80. The maximum Gasteiger partial charge on any atom is 1.00 e. The third kappa shape index (κ3) is 7.97. The van der Waals surface area contributed by atoms with Gasteiger partial charge in [-0.15, -0.1) is 0 Å². The van der Waals surface area contributed by atoms with Crippen LogP contribution in [0.15, 0.2) is 36.4 Å². The monoisotopic (exact) mass is 426 g/mol. The number of benzene rings is 1. The van der Waals surface area contributed by atoms with E-state index >= 15 is 0 Å². The van der Waals surface area contributed by atoms with E-state index in [2.05, 4.69) is 72.8 Å². The van der Waals surface area contributed by atoms with Gasteiger partial charge in [-0.1, -0.05) is 78.8 Å². The van der Waals surface area contributed by atoms with E-state index in [0.29, 0.717) is 29.8 Å². The van der Waals surface area contributed by atoms with Gasteiger partial charge in [0, 0.05) is 7.11 Å². The average Bonchev–Trinajstić information content (AvgIpc) is 2.66. The van der Waals surface area contributed by atoms with Crippen LogP contribution in [0.1, 0.15) is 61.0 Å². The second kappa shape index (κ2) is 14.7. The molecule has 0 aliphatic rings. The standard InChI is InChI=1S/C25H43O3Si.Li/c1-10-14-22(8)25(27-17-23-15-12-11-13-16-23)24(18-26-9)28-29(19(2)3,20(4)5)21(6)7;/h11-16,19-22,24-25H,17-18H2,1-9H3;/q-1;+1/t22-,24+,25+;/m1./s1. The predicted molar refractivity (Wildman–Crippen MR) is 125 cm³/mol. The summed E-state index contributed by atoms with van der Waals surface area (Å²) in [6.07, 6.45) is 5.07. The first-order valence-electron chi connectivity index (χ1n) is 11.0. The fraction of sp³-hybridized carbons (Fsp3) is 0.680. The van der Waals surface area contributed by atoms with Crippen LogP contribution in [0, 0.1) is 12.0 Å². The zero-order chi connectivity index (χ0) is 22.0. The van der Waals surface area contributed by atoms with Crippen molar-refractivity contribution in [2.24, 2.45) is 5.92 Å². The Labute approximate surface area is 199 Å². The van der Waals surface area contributed by atoms with Crippen LogP contribution in [-0.4, -0.2) is 34.2 Å². The summed E-state index contributed by atoms with van der Waals surface area (Å²) in [5.74, 6) is 0.182. The van der Waals surface area contributed by atoms with E-state index < -0.39 is 8.32 Å². The van der Waals surface area contributed by atoms with Crippen molar-refractivity contribution in [3.05, 3.63) is 48.0 Å². The fourth-order valence-electron chi connectivity index (χ4n) is 4.75. The van der Waals surface area contributed by atoms with Gasteiger partial charge in [-0.25, -0.2) is 0 Å². The summed E-state index contributed by atoms with van der Waals surface area (Å²) in [5.41, 5.74) is 2.71. The van der Waals surface area contributed by atoms with Crippen LogP contribution < -0.4 is 18.9 Å². The Morgan fingerprint density at radius 3 is 1.90 bits per heavy atom. The molecule has 0 fully saturated rings. The molecule has 0 aromatic heterocycles. The Morgan fingerprint density at radius 2 is 1.47 bits per heavy atom. The van der Waals surface area contributed by atoms with Crippen molar-refractivity contribution >= 4 is 8.32 Å². The molecule has 1 aromatic rings. The van der Waals surface area contributed by atoms with E-state index in [1.807, 2.05) is 25.1 Å². The average molecular weight is 427 g/mol. The number of allylic oxidation sites excluding steroid dienone is 1. The van der Waals surface area contributed by atoms with Gasteiger partial charge in [-0.3, -0.25) is 6.08 Å². The van der Waals surface area contributed by atoms with Crippen molar-refractivity contribution < 1.29 is 32.8 Å². The molecule has 1 rings (SSSR count). The molecule has 3 atom stereocenters. The van der Waals surface area contributed by atoms with Crippen molar-refractivity contribution in [2.75, 3.05) is 13.7 Å². The molecule has 30 heavy (non-hydrogen) atoms. The Balaban J connectivity index is 0.00000841. The molecule has 0 aliphatic heterocycles. The van der Waals surface area contributed by atoms with Gasteiger partial charge in [0.05, 0.1) is 25.4 Å². The first kappa shape index (κ1) is 29.7. The van der Waals surface area contributed by atoms with Gasteiger partial charge in [0.1, 0.15) is 0 Å². The summed E-state index contributed by atoms with van der Waals surface area (Å²) in [7, 11) is -0.312. The van der Waals surface area contributed by atoms with Gasteiger partial charge in [-0.05, 0) is 28.1 Å². The van der Waals surface area contributed by atoms with Crippen LogP contribution in [0.3, 0.4) is 0 Å². The van der Waals surface area contributed by atoms with Gasteiger partial charge >= 0.3 is 18.9 Å². The van der Waals surface area contributed by atoms with Gasteiger partial charge in [-0.2, -0.15) is 6.92 Å². The van der Waals surface area contributed by atoms with E-state index in [-0.39, 0.29) is 37.0 Å². The minimum absolute atomic E-state index is 0. The number of hydrogen-bond acceptors (Lipinski definition) is 3. The quantitative estimate of drug-likeness (QED) is 0.355. The van der Waals surface area contributed by atoms with E-state index in [0.717, 1.165) is 0 Å². The van der Waals surface area contributed by atoms with Gasteiger partial charge < -0.3 is 20.0 Å². The zero-order valence-electron chi connectivity index (χ0n) is 21.1. The Morgan fingerprint density at radius 1 is 0.933 bits per heavy atom. The van der Waals surface area contributed by atoms with Crippen molar-refractivity contribution in [3.63, 3.8) is 0 Å². The molecule has 0 spiro atoms. The van der Waals surface area contributed by atoms with Crippen LogP contribution >= 0.6 is 0 Å². The molecule has 0 radical (unpaired) electrons. The molecule has 0 heterocycles. The van der Waals surface area contributed by atoms with E-state index in [4.69, 9.17) is 13.9 Å². The molecular formula is C25H43LiO3Si. The summed E-state index contributed by atoms with van der Waals surface area (Å²) >= 11 is 0. The molecule has 1 aromatic carbocycles. The summed E-state index contributed by atoms with van der Waals surface area (Å²) in [4.78, 5) is 0. The molecule has 0 bridgehead atoms. The van der Waals surface area contributed by atoms with Gasteiger partial charge in [0.25, 0.3) is 0 Å². The second-order valence-corrected chi connectivity index (χ2v) is 14.4. The zero-order valence-corrected chi connectivity index (χ0v) is 22.1. The molecule has 0 N–H and O–H groups in total. The minimum Gasteiger partial charge on any atom is -0.503 e. The molecule has 5 heteroatoms. The second-order valence-electron chi connectivity index (χ2n) is 9.00. The topological polar surface area (TPSA) is 27.7 Å². The van der Waals surface area contributed by atoms with Crippen LogP contribution in [0.4, 0.5) is 0 Å². The summed E-state index contributed by atoms with van der Waals surface area (Å²) < 4.78 is 19.2. The normalized spacial score (nSPS) is 15.6. The molecule has 3 nitrogen and oxygen atoms in total. The first-order valence-corrected chi connectivity index (χ1v) is 13.2. The Kier molecular flexibility index (Phi) is 14.5. The maximum atomic E-state index is 7.12. The SMILES string of the molecule is C[C-]=C[C@@H](C)[C@H](OCc1ccccc1)[C@H](COC)O[Si](C(C)C)(C(C)C)C(C)C.[Li+]. The van der Waals surface area contributed by atoms with E-state index in [1.54, 1.807) is 7.11 Å². The molecule has 0 amide bonds. The summed E-state index contributed by atoms with van der Waals surface area (Å²) in [6.45, 7) is 19.1. The van der Waals surface area contributed by atoms with Crippen molar-refractivity contribution in [1.82, 2.24) is 0 Å². The van der Waals surface area contributed by atoms with Crippen molar-refractivity contribution in [3.8, 4) is 0 Å². The first-order chi connectivity index (χ1) is 13.7. The third-order valence-electron chi connectivity index (χ3n) is 5.99. The molecule has 166 valence electrons. The van der Waals surface area contributed by atoms with Gasteiger partial charge in [0.15, 0.2) is 0 Å². The fourth-order valence-corrected chi connectivity index (χ4v) is 10.3. The van der Waals surface area contributed by atoms with Crippen LogP contribution in [0.25, 0.3) is 0 Å². The molecule has 0 saturated carbocycles. The van der Waals surface area contributed by atoms with Gasteiger partial charge in [0.2, 0.25) is 8.32 Å². The van der Waals surface area contributed by atoms with Crippen molar-refractivity contribution in [1.29, 1.82) is 0 Å². The maximum absolute atomic E-state index is 7.12. The minimum atomic E-state index is -2.06. The van der Waals surface area contributed by atoms with E-state index in [9.17, 15) is 0 Å². The molecule has 0 aliphatic carbocycles. The van der Waals surface area contributed by atoms with Crippen LogP contribution in [-0.2, 0) is 20.5 Å². The third-order valence-corrected chi connectivity index (χ3v) is 12.1. The van der Waals surface area contributed by atoms with E-state index in [1.165, 1.54) is 5.56 Å². The summed E-state index contributed by atoms with van der Waals surface area (Å²) in [5, 5.41) is 0. The number of hydrogen-bond donors (Lipinski definition) is 0. The number of rotatable bonds is 13. The Bertz CT molecular complexity index is 568. The number of ether oxygens (including phenoxy) is 2. The molecular weight excluding hydrogens is 383 g/mol. The van der Waals surface area contributed by atoms with Crippen molar-refractivity contribution in [2.45, 2.75) is 90.8 Å². The molecule has 0 saturated heterocycles. The van der Waals surface area contributed by atoms with Crippen LogP contribution in [0.2, 0.25) is 16.6 Å².